The Bertz CT molecular complexity index is 2080. The maximum atomic E-state index is 14.3. The van der Waals surface area contributed by atoms with Crippen LogP contribution in [0.4, 0.5) is 24.0 Å². The van der Waals surface area contributed by atoms with E-state index in [1.54, 1.807) is 110 Å². The number of nitrogens with zero attached hydrogens (tertiary/aromatic N) is 1. The van der Waals surface area contributed by atoms with E-state index in [9.17, 15) is 49.2 Å². The SMILES string of the molecule is CN(C(=O)OC(C)(C)C)[C@@H]1[C@@H](O)[C@@H](O[C@H]2[C@H](NC(=O)C3(O)CC(NC(=O)OC(C)(C)C)C3)C[C@H](NC(=O)OC(C)(C)C)C([C@H]3OC(CNCCCNC(=O)OC(C)(C)C)=CC[C@H]3NC(=O)OC(C)(C)C)[C@@H]2O)OC[C@]1(C)O. The number of ether oxygens (including phenoxy) is 8. The van der Waals surface area contributed by atoms with Crippen LogP contribution in [0.3, 0.4) is 0 Å². The minimum atomic E-state index is -2.05. The first-order valence-electron chi connectivity index (χ1n) is 26.4. The largest absolute Gasteiger partial charge is 0.491 e. The normalized spacial score (nSPS) is 30.9. The van der Waals surface area contributed by atoms with Gasteiger partial charge >= 0.3 is 30.5 Å². The maximum absolute atomic E-state index is 14.3. The molecule has 0 aromatic rings. The third-order valence-electron chi connectivity index (χ3n) is 12.5. The van der Waals surface area contributed by atoms with Crippen LogP contribution >= 0.6 is 0 Å². The Morgan fingerprint density at radius 2 is 1.18 bits per heavy atom. The van der Waals surface area contributed by atoms with Gasteiger partial charge in [-0.15, -0.1) is 0 Å². The van der Waals surface area contributed by atoms with E-state index >= 15 is 0 Å². The molecule has 0 aromatic carbocycles. The van der Waals surface area contributed by atoms with E-state index in [0.29, 0.717) is 25.3 Å². The lowest BCUT2D eigenvalue weighted by Gasteiger charge is -2.52. The molecule has 77 heavy (non-hydrogen) atoms. The summed E-state index contributed by atoms with van der Waals surface area (Å²) in [6, 6.07) is -5.54. The molecule has 4 aliphatic rings. The van der Waals surface area contributed by atoms with Crippen molar-refractivity contribution in [1.82, 2.24) is 36.8 Å². The van der Waals surface area contributed by atoms with Gasteiger partial charge in [0.15, 0.2) is 6.29 Å². The van der Waals surface area contributed by atoms with Crippen molar-refractivity contribution in [3.8, 4) is 0 Å². The minimum Gasteiger partial charge on any atom is -0.491 e. The van der Waals surface area contributed by atoms with Gasteiger partial charge in [-0.25, -0.2) is 24.0 Å². The molecular weight excluding hydrogens is 1010 g/mol. The number of alkyl carbamates (subject to hydrolysis) is 4. The van der Waals surface area contributed by atoms with Crippen molar-refractivity contribution in [3.63, 3.8) is 0 Å². The Hall–Kier alpha value is -4.92. The van der Waals surface area contributed by atoms with Gasteiger partial charge in [-0.05, 0) is 143 Å². The molecule has 2 aliphatic carbocycles. The van der Waals surface area contributed by atoms with Crippen molar-refractivity contribution in [3.05, 3.63) is 11.8 Å². The Morgan fingerprint density at radius 3 is 1.71 bits per heavy atom. The van der Waals surface area contributed by atoms with E-state index in [0.717, 1.165) is 4.90 Å². The third kappa shape index (κ3) is 20.0. The summed E-state index contributed by atoms with van der Waals surface area (Å²) in [5.41, 5.74) is -8.30. The van der Waals surface area contributed by atoms with Crippen LogP contribution in [0.2, 0.25) is 0 Å². The van der Waals surface area contributed by atoms with E-state index in [2.05, 4.69) is 31.9 Å². The zero-order valence-corrected chi connectivity index (χ0v) is 48.2. The van der Waals surface area contributed by atoms with Crippen LogP contribution in [0.1, 0.15) is 143 Å². The fourth-order valence-electron chi connectivity index (χ4n) is 9.44. The molecule has 1 saturated heterocycles. The highest BCUT2D eigenvalue weighted by Gasteiger charge is 2.58. The Kier molecular flexibility index (Phi) is 21.0. The van der Waals surface area contributed by atoms with Crippen molar-refractivity contribution in [2.24, 2.45) is 5.92 Å². The molecule has 11 atom stereocenters. The zero-order chi connectivity index (χ0) is 58.4. The van der Waals surface area contributed by atoms with Gasteiger partial charge in [0.1, 0.15) is 63.3 Å². The van der Waals surface area contributed by atoms with Crippen LogP contribution in [0.5, 0.6) is 0 Å². The minimum absolute atomic E-state index is 0.124. The number of aliphatic hydroxyl groups excluding tert-OH is 2. The lowest BCUT2D eigenvalue weighted by Crippen LogP contribution is -2.72. The number of rotatable bonds is 15. The summed E-state index contributed by atoms with van der Waals surface area (Å²) in [5.74, 6) is -1.80. The second-order valence-corrected chi connectivity index (χ2v) is 25.8. The van der Waals surface area contributed by atoms with Crippen LogP contribution in [0.25, 0.3) is 0 Å². The Balaban J connectivity index is 1.77. The summed E-state index contributed by atoms with van der Waals surface area (Å²) >= 11 is 0. The molecule has 0 bridgehead atoms. The van der Waals surface area contributed by atoms with Crippen molar-refractivity contribution < 1.29 is 87.1 Å². The molecule has 25 nitrogen and oxygen atoms in total. The fourth-order valence-corrected chi connectivity index (χ4v) is 9.44. The first kappa shape index (κ1) is 64.6. The topological polar surface area (TPSA) is 333 Å². The summed E-state index contributed by atoms with van der Waals surface area (Å²) in [4.78, 5) is 81.0. The second-order valence-electron chi connectivity index (χ2n) is 25.8. The maximum Gasteiger partial charge on any atom is 0.410 e. The summed E-state index contributed by atoms with van der Waals surface area (Å²) < 4.78 is 46.8. The zero-order valence-electron chi connectivity index (χ0n) is 48.2. The molecule has 1 unspecified atom stereocenters. The monoisotopic (exact) mass is 1100 g/mol. The van der Waals surface area contributed by atoms with Crippen molar-refractivity contribution >= 4 is 36.4 Å². The predicted molar refractivity (Wildman–Crippen MR) is 278 cm³/mol. The standard InChI is InChI=1S/C52H91N7O18/c1-46(2,3)73-41(63)54-22-18-21-53-26-29-19-20-30(57-43(65)75-48(7,8)9)36(71-29)33-31(58-44(66)76-49(10,11)12)23-32(56-40(62)52(69)24-28(25-52)55-42(64)74-47(4,5)6)37(34(33)60)72-39-35(61)38(51(16,68)27-70-39)59(17)45(67)77-50(13,14)15/h19,28,30-39,53,60-61,68-69H,18,20-27H2,1-17H3,(H,54,63)(H,55,64)(H,56,62)(H,57,65)(H,58,66)/t28?,30-,31+,32-,33?,34+,35-,36+,37+,38-,39-,51+,52?/m1/s1. The summed E-state index contributed by atoms with van der Waals surface area (Å²) in [7, 11) is 1.32. The fraction of sp³-hybridized carbons (Fsp3) is 0.846. The molecule has 0 aromatic heterocycles. The molecule has 10 N–H and O–H groups in total. The average Bonchev–Trinajstić information content (AvgIpc) is 3.20. The molecule has 442 valence electrons. The molecule has 25 heteroatoms. The van der Waals surface area contributed by atoms with E-state index in [1.807, 2.05) is 0 Å². The number of hydrogen-bond acceptors (Lipinski definition) is 19. The number of likely N-dealkylation sites (N-methyl/N-ethyl adjacent to an activating group) is 1. The summed E-state index contributed by atoms with van der Waals surface area (Å²) in [6.45, 7) is 27.0. The third-order valence-corrected chi connectivity index (χ3v) is 12.5. The van der Waals surface area contributed by atoms with Crippen LogP contribution in [-0.4, -0.2) is 195 Å². The van der Waals surface area contributed by atoms with Gasteiger partial charge in [-0.1, -0.05) is 0 Å². The highest BCUT2D eigenvalue weighted by Crippen LogP contribution is 2.40. The number of amides is 6. The van der Waals surface area contributed by atoms with E-state index < -0.39 is 149 Å². The molecule has 0 spiro atoms. The van der Waals surface area contributed by atoms with Crippen LogP contribution in [0.15, 0.2) is 11.8 Å². The molecule has 2 saturated carbocycles. The quantitative estimate of drug-likeness (QED) is 0.0830. The van der Waals surface area contributed by atoms with Crippen LogP contribution in [0, 0.1) is 5.92 Å². The van der Waals surface area contributed by atoms with Crippen molar-refractivity contribution in [2.75, 3.05) is 33.3 Å². The van der Waals surface area contributed by atoms with Gasteiger partial charge in [0.2, 0.25) is 0 Å². The first-order valence-corrected chi connectivity index (χ1v) is 26.4. The molecule has 0 radical (unpaired) electrons. The molecule has 2 heterocycles. The number of carbonyl (C=O) groups excluding carboxylic acids is 6. The second kappa shape index (κ2) is 25.0. The molecular formula is C52H91N7O18. The number of aliphatic hydroxyl groups is 4. The summed E-state index contributed by atoms with van der Waals surface area (Å²) in [6.07, 6.45) is -10.5. The number of nitrogens with one attached hydrogen (secondary N) is 6. The number of carbonyl (C=O) groups is 6. The molecule has 2 aliphatic heterocycles. The number of hydrogen-bond donors (Lipinski definition) is 10. The van der Waals surface area contributed by atoms with Crippen molar-refractivity contribution in [2.45, 2.75) is 243 Å². The van der Waals surface area contributed by atoms with Gasteiger partial charge in [0.25, 0.3) is 5.91 Å². The molecule has 4 rings (SSSR count). The van der Waals surface area contributed by atoms with Gasteiger partial charge in [0.05, 0.1) is 37.4 Å². The van der Waals surface area contributed by atoms with Crippen molar-refractivity contribution in [1.29, 1.82) is 0 Å². The first-order chi connectivity index (χ1) is 35.0. The van der Waals surface area contributed by atoms with Gasteiger partial charge in [-0.3, -0.25) is 4.79 Å². The summed E-state index contributed by atoms with van der Waals surface area (Å²) in [5, 5.41) is 65.6. The highest BCUT2D eigenvalue weighted by atomic mass is 16.7. The Morgan fingerprint density at radius 1 is 0.675 bits per heavy atom. The van der Waals surface area contributed by atoms with Crippen LogP contribution in [-0.2, 0) is 42.7 Å². The predicted octanol–water partition coefficient (Wildman–Crippen LogP) is 3.32. The Labute approximate surface area is 453 Å². The van der Waals surface area contributed by atoms with E-state index in [4.69, 9.17) is 37.9 Å². The van der Waals surface area contributed by atoms with Gasteiger partial charge in [-0.2, -0.15) is 0 Å². The van der Waals surface area contributed by atoms with E-state index in [-0.39, 0.29) is 32.2 Å². The van der Waals surface area contributed by atoms with Gasteiger partial charge in [0, 0.05) is 44.4 Å². The molecule has 3 fully saturated rings. The average molecular weight is 1100 g/mol. The van der Waals surface area contributed by atoms with Gasteiger partial charge < -0.3 is 95.1 Å². The lowest BCUT2D eigenvalue weighted by molar-refractivity contribution is -0.306. The van der Waals surface area contributed by atoms with Crippen LogP contribution < -0.4 is 31.9 Å². The smallest absolute Gasteiger partial charge is 0.410 e. The van der Waals surface area contributed by atoms with E-state index in [1.165, 1.54) is 14.0 Å². The highest BCUT2D eigenvalue weighted by molar-refractivity contribution is 5.87. The molecule has 6 amide bonds. The lowest BCUT2D eigenvalue weighted by atomic mass is 9.71.